The molecule has 6 heteroatoms. The van der Waals surface area contributed by atoms with Crippen LogP contribution in [-0.4, -0.2) is 24.5 Å². The molecule has 0 N–H and O–H groups in total. The summed E-state index contributed by atoms with van der Waals surface area (Å²) in [6.45, 7) is 0. The van der Waals surface area contributed by atoms with Crippen molar-refractivity contribution < 1.29 is 4.42 Å². The fraction of sp³-hybridized carbons (Fsp3) is 0. The smallest absolute Gasteiger partial charge is 0.164 e. The summed E-state index contributed by atoms with van der Waals surface area (Å²) in [6.07, 6.45) is 0. The molecule has 0 aliphatic carbocycles. The first-order valence-corrected chi connectivity index (χ1v) is 17.2. The quantitative estimate of drug-likeness (QED) is 0.176. The van der Waals surface area contributed by atoms with E-state index in [0.717, 1.165) is 77.9 Å². The Morgan fingerprint density at radius 2 is 0.885 bits per heavy atom. The van der Waals surface area contributed by atoms with Gasteiger partial charge in [0.1, 0.15) is 17.0 Å². The van der Waals surface area contributed by atoms with Gasteiger partial charge < -0.3 is 4.42 Å². The highest BCUT2D eigenvalue weighted by Gasteiger charge is 2.21. The monoisotopic (exact) mass is 667 g/mol. The first kappa shape index (κ1) is 29.7. The molecule has 0 saturated carbocycles. The number of rotatable bonds is 6. The Balaban J connectivity index is 1.13. The lowest BCUT2D eigenvalue weighted by Gasteiger charge is -2.10. The van der Waals surface area contributed by atoms with Gasteiger partial charge in [0.25, 0.3) is 0 Å². The maximum absolute atomic E-state index is 6.92. The minimum atomic E-state index is 0.605. The molecule has 10 rings (SSSR count). The minimum Gasteiger partial charge on any atom is -0.455 e. The molecule has 0 amide bonds. The van der Waals surface area contributed by atoms with E-state index in [1.54, 1.807) is 0 Å². The molecular weight excluding hydrogens is 639 g/mol. The number of para-hydroxylation sites is 5. The Bertz CT molecular complexity index is 2840. The van der Waals surface area contributed by atoms with Gasteiger partial charge in [-0.3, -0.25) is 4.57 Å². The Labute approximate surface area is 299 Å². The molecule has 7 aromatic carbocycles. The van der Waals surface area contributed by atoms with E-state index >= 15 is 0 Å². The van der Waals surface area contributed by atoms with Crippen molar-refractivity contribution in [3.05, 3.63) is 176 Å². The van der Waals surface area contributed by atoms with Gasteiger partial charge in [-0.05, 0) is 42.0 Å². The second kappa shape index (κ2) is 12.3. The molecule has 10 aromatic rings. The number of furan rings is 1. The lowest BCUT2D eigenvalue weighted by Crippen LogP contribution is -2.00. The van der Waals surface area contributed by atoms with Gasteiger partial charge >= 0.3 is 0 Å². The first-order valence-electron chi connectivity index (χ1n) is 17.2. The summed E-state index contributed by atoms with van der Waals surface area (Å²) >= 11 is 0. The summed E-state index contributed by atoms with van der Waals surface area (Å²) in [5, 5.41) is 2.08. The zero-order valence-corrected chi connectivity index (χ0v) is 27.9. The number of imidazole rings is 1. The lowest BCUT2D eigenvalue weighted by atomic mass is 10.00. The molecule has 0 bridgehead atoms. The van der Waals surface area contributed by atoms with Crippen molar-refractivity contribution >= 4 is 33.0 Å². The topological polar surface area (TPSA) is 69.6 Å². The van der Waals surface area contributed by atoms with Crippen molar-refractivity contribution in [1.82, 2.24) is 24.5 Å². The van der Waals surface area contributed by atoms with Crippen molar-refractivity contribution in [3.8, 4) is 62.4 Å². The Morgan fingerprint density at radius 1 is 0.385 bits per heavy atom. The van der Waals surface area contributed by atoms with Crippen LogP contribution < -0.4 is 0 Å². The second-order valence-electron chi connectivity index (χ2n) is 12.7. The number of nitrogens with zero attached hydrogens (tertiary/aromatic N) is 5. The molecule has 0 aliphatic rings. The van der Waals surface area contributed by atoms with Crippen molar-refractivity contribution in [1.29, 1.82) is 0 Å². The van der Waals surface area contributed by atoms with Gasteiger partial charge in [0, 0.05) is 38.7 Å². The molecule has 3 heterocycles. The van der Waals surface area contributed by atoms with Crippen LogP contribution in [0.4, 0.5) is 0 Å². The van der Waals surface area contributed by atoms with Gasteiger partial charge in [0.2, 0.25) is 0 Å². The molecule has 0 unspecified atom stereocenters. The summed E-state index contributed by atoms with van der Waals surface area (Å²) < 4.78 is 9.13. The van der Waals surface area contributed by atoms with E-state index in [2.05, 4.69) is 95.6 Å². The van der Waals surface area contributed by atoms with E-state index in [1.807, 2.05) is 84.9 Å². The third-order valence-corrected chi connectivity index (χ3v) is 9.47. The average Bonchev–Trinajstić information content (AvgIpc) is 3.81. The third kappa shape index (κ3) is 5.05. The number of benzene rings is 7. The highest BCUT2D eigenvalue weighted by Crippen LogP contribution is 2.41. The fourth-order valence-corrected chi connectivity index (χ4v) is 7.03. The van der Waals surface area contributed by atoms with Gasteiger partial charge in [0.05, 0.1) is 16.6 Å². The third-order valence-electron chi connectivity index (χ3n) is 9.47. The van der Waals surface area contributed by atoms with Gasteiger partial charge in [-0.2, -0.15) is 0 Å². The van der Waals surface area contributed by atoms with Crippen molar-refractivity contribution in [2.75, 3.05) is 0 Å². The number of hydrogen-bond donors (Lipinski definition) is 0. The van der Waals surface area contributed by atoms with Gasteiger partial charge in [-0.25, -0.2) is 19.9 Å². The largest absolute Gasteiger partial charge is 0.455 e. The van der Waals surface area contributed by atoms with Gasteiger partial charge in [0.15, 0.2) is 17.5 Å². The molecule has 0 atom stereocenters. The predicted octanol–water partition coefficient (Wildman–Crippen LogP) is 11.4. The highest BCUT2D eigenvalue weighted by molar-refractivity contribution is 6.13. The summed E-state index contributed by atoms with van der Waals surface area (Å²) in [5.74, 6) is 2.69. The molecular formula is C46H29N5O. The molecule has 0 saturated heterocycles. The standard InChI is InChI=1S/C46H29N5O/c1-4-15-30(16-5-1)43-48-44(31-17-6-2-7-18-31)50-45(49-43)33-20-12-19-32(29-33)35-23-13-24-36-37-25-14-26-38(42(37)52-41(35)36)46-47-39-27-10-11-28-40(39)51(46)34-21-8-3-9-22-34/h1-29H. The van der Waals surface area contributed by atoms with Crippen LogP contribution in [-0.2, 0) is 0 Å². The Hall–Kier alpha value is -7.18. The van der Waals surface area contributed by atoms with Crippen LogP contribution in [0.25, 0.3) is 95.3 Å². The molecule has 0 radical (unpaired) electrons. The maximum Gasteiger partial charge on any atom is 0.164 e. The Morgan fingerprint density at radius 3 is 1.56 bits per heavy atom. The van der Waals surface area contributed by atoms with Crippen LogP contribution in [0.15, 0.2) is 180 Å². The minimum absolute atomic E-state index is 0.605. The van der Waals surface area contributed by atoms with E-state index in [0.29, 0.717) is 17.5 Å². The van der Waals surface area contributed by atoms with Gasteiger partial charge in [-0.1, -0.05) is 140 Å². The SMILES string of the molecule is c1ccc(-c2nc(-c3ccccc3)nc(-c3cccc(-c4cccc5c4oc4c(-c6nc7ccccc7n6-c6ccccc6)cccc45)c3)n2)cc1. The molecule has 244 valence electrons. The molecule has 6 nitrogen and oxygen atoms in total. The zero-order valence-electron chi connectivity index (χ0n) is 27.9. The summed E-state index contributed by atoms with van der Waals surface area (Å²) in [6, 6.07) is 59.7. The van der Waals surface area contributed by atoms with Crippen LogP contribution in [0.3, 0.4) is 0 Å². The second-order valence-corrected chi connectivity index (χ2v) is 12.7. The summed E-state index contributed by atoms with van der Waals surface area (Å²) in [5.41, 5.74) is 10.3. The molecule has 3 aromatic heterocycles. The van der Waals surface area contributed by atoms with Crippen LogP contribution >= 0.6 is 0 Å². The number of aromatic nitrogens is 5. The van der Waals surface area contributed by atoms with E-state index in [1.165, 1.54) is 0 Å². The van der Waals surface area contributed by atoms with Crippen molar-refractivity contribution in [3.63, 3.8) is 0 Å². The molecule has 0 aliphatic heterocycles. The van der Waals surface area contributed by atoms with Crippen molar-refractivity contribution in [2.24, 2.45) is 0 Å². The number of hydrogen-bond acceptors (Lipinski definition) is 5. The molecule has 0 fully saturated rings. The number of fused-ring (bicyclic) bond motifs is 4. The fourth-order valence-electron chi connectivity index (χ4n) is 7.03. The lowest BCUT2D eigenvalue weighted by molar-refractivity contribution is 0.670. The molecule has 52 heavy (non-hydrogen) atoms. The van der Waals surface area contributed by atoms with E-state index in [9.17, 15) is 0 Å². The highest BCUT2D eigenvalue weighted by atomic mass is 16.3. The zero-order chi connectivity index (χ0) is 34.4. The van der Waals surface area contributed by atoms with Crippen molar-refractivity contribution in [2.45, 2.75) is 0 Å². The van der Waals surface area contributed by atoms with Gasteiger partial charge in [-0.15, -0.1) is 0 Å². The normalized spacial score (nSPS) is 11.5. The maximum atomic E-state index is 6.92. The predicted molar refractivity (Wildman–Crippen MR) is 209 cm³/mol. The van der Waals surface area contributed by atoms with E-state index in [4.69, 9.17) is 24.4 Å². The van der Waals surface area contributed by atoms with Crippen LogP contribution in [0, 0.1) is 0 Å². The molecule has 0 spiro atoms. The summed E-state index contributed by atoms with van der Waals surface area (Å²) in [7, 11) is 0. The van der Waals surface area contributed by atoms with Crippen LogP contribution in [0.2, 0.25) is 0 Å². The van der Waals surface area contributed by atoms with E-state index < -0.39 is 0 Å². The first-order chi connectivity index (χ1) is 25.8. The van der Waals surface area contributed by atoms with Crippen LogP contribution in [0.1, 0.15) is 0 Å². The Kier molecular flexibility index (Phi) is 7.03. The average molecular weight is 668 g/mol. The van der Waals surface area contributed by atoms with Crippen LogP contribution in [0.5, 0.6) is 0 Å². The van der Waals surface area contributed by atoms with E-state index in [-0.39, 0.29) is 0 Å². The summed E-state index contributed by atoms with van der Waals surface area (Å²) in [4.78, 5) is 20.0.